The van der Waals surface area contributed by atoms with Gasteiger partial charge in [0.2, 0.25) is 0 Å². The van der Waals surface area contributed by atoms with Gasteiger partial charge in [-0.3, -0.25) is 9.11 Å². The lowest BCUT2D eigenvalue weighted by Crippen LogP contribution is -2.29. The van der Waals surface area contributed by atoms with Crippen molar-refractivity contribution in [2.24, 2.45) is 11.5 Å². The largest absolute Gasteiger partial charge is 0.394 e. The van der Waals surface area contributed by atoms with E-state index in [1.807, 2.05) is 0 Å². The molecule has 0 aromatic carbocycles. The summed E-state index contributed by atoms with van der Waals surface area (Å²) < 4.78 is 31.6. The van der Waals surface area contributed by atoms with E-state index in [-0.39, 0.29) is 6.17 Å². The van der Waals surface area contributed by atoms with Crippen molar-refractivity contribution in [2.75, 3.05) is 0 Å². The first-order valence-electron chi connectivity index (χ1n) is 3.98. The van der Waals surface area contributed by atoms with Crippen LogP contribution >= 0.6 is 0 Å². The van der Waals surface area contributed by atoms with Gasteiger partial charge < -0.3 is 11.5 Å². The van der Waals surface area contributed by atoms with Crippen molar-refractivity contribution in [3.63, 3.8) is 0 Å². The highest BCUT2D eigenvalue weighted by Gasteiger charge is 1.90. The maximum atomic E-state index is 8.74. The minimum Gasteiger partial charge on any atom is -0.316 e. The van der Waals surface area contributed by atoms with E-state index in [1.165, 1.54) is 19.3 Å². The molecule has 0 bridgehead atoms. The van der Waals surface area contributed by atoms with Crippen LogP contribution in [0, 0.1) is 0 Å². The minimum absolute atomic E-state index is 0.0958. The van der Waals surface area contributed by atoms with E-state index in [1.54, 1.807) is 0 Å². The van der Waals surface area contributed by atoms with Gasteiger partial charge in [0, 0.05) is 0 Å². The van der Waals surface area contributed by atoms with Gasteiger partial charge in [-0.05, 0) is 6.42 Å². The molecule has 0 atom stereocenters. The second-order valence-corrected chi connectivity index (χ2v) is 3.50. The predicted molar refractivity (Wildman–Crippen MR) is 50.5 cm³/mol. The minimum atomic E-state index is -4.67. The fourth-order valence-corrected chi connectivity index (χ4v) is 0.630. The van der Waals surface area contributed by atoms with Gasteiger partial charge in [-0.2, -0.15) is 8.42 Å². The number of nitrogens with two attached hydrogens (primary N) is 2. The summed E-state index contributed by atoms with van der Waals surface area (Å²) >= 11 is 0. The Bertz CT molecular complexity index is 183. The predicted octanol–water partition coefficient (Wildman–Crippen LogP) is 0.157. The van der Waals surface area contributed by atoms with E-state index in [9.17, 15) is 0 Å². The Morgan fingerprint density at radius 3 is 1.85 bits per heavy atom. The molecule has 7 heteroatoms. The van der Waals surface area contributed by atoms with Crippen LogP contribution in [0.5, 0.6) is 0 Å². The van der Waals surface area contributed by atoms with Crippen molar-refractivity contribution < 1.29 is 17.5 Å². The molecule has 0 unspecified atom stereocenters. The van der Waals surface area contributed by atoms with Gasteiger partial charge in [0.05, 0.1) is 6.17 Å². The molecule has 0 saturated heterocycles. The van der Waals surface area contributed by atoms with E-state index in [0.29, 0.717) is 0 Å². The molecule has 0 spiro atoms. The number of hydrogen-bond donors (Lipinski definition) is 4. The maximum Gasteiger partial charge on any atom is 0.394 e. The molecule has 0 rings (SSSR count). The van der Waals surface area contributed by atoms with Crippen LogP contribution in [-0.4, -0.2) is 23.7 Å². The van der Waals surface area contributed by atoms with Gasteiger partial charge in [-0.25, -0.2) is 0 Å². The third-order valence-corrected chi connectivity index (χ3v) is 1.14. The lowest BCUT2D eigenvalue weighted by atomic mass is 10.2. The quantitative estimate of drug-likeness (QED) is 0.300. The molecule has 0 radical (unpaired) electrons. The van der Waals surface area contributed by atoms with Crippen LogP contribution in [-0.2, 0) is 10.4 Å². The van der Waals surface area contributed by atoms with Crippen LogP contribution in [0.4, 0.5) is 0 Å². The van der Waals surface area contributed by atoms with Crippen LogP contribution < -0.4 is 11.5 Å². The fraction of sp³-hybridized carbons (Fsp3) is 1.00. The van der Waals surface area contributed by atoms with E-state index in [2.05, 4.69) is 6.92 Å². The SMILES string of the molecule is CCCCCC(N)N.O=S(=O)(O)O. The summed E-state index contributed by atoms with van der Waals surface area (Å²) in [5, 5.41) is 0. The molecule has 0 aliphatic rings. The first kappa shape index (κ1) is 15.3. The van der Waals surface area contributed by atoms with Crippen LogP contribution in [0.15, 0.2) is 0 Å². The van der Waals surface area contributed by atoms with Crippen molar-refractivity contribution in [3.05, 3.63) is 0 Å². The molecule has 6 N–H and O–H groups in total. The molecule has 0 heterocycles. The zero-order valence-electron chi connectivity index (χ0n) is 7.68. The summed E-state index contributed by atoms with van der Waals surface area (Å²) in [5.74, 6) is 0. The smallest absolute Gasteiger partial charge is 0.316 e. The third-order valence-electron chi connectivity index (χ3n) is 1.14. The van der Waals surface area contributed by atoms with E-state index >= 15 is 0 Å². The normalized spacial score (nSPS) is 10.9. The molecule has 82 valence electrons. The number of unbranched alkanes of at least 4 members (excludes halogenated alkanes) is 2. The lowest BCUT2D eigenvalue weighted by Gasteiger charge is -2.01. The Hall–Kier alpha value is -0.210. The zero-order valence-corrected chi connectivity index (χ0v) is 8.50. The molecule has 0 aliphatic carbocycles. The first-order chi connectivity index (χ1) is 5.77. The molecule has 0 aromatic rings. The monoisotopic (exact) mass is 214 g/mol. The Morgan fingerprint density at radius 1 is 1.23 bits per heavy atom. The summed E-state index contributed by atoms with van der Waals surface area (Å²) in [6, 6.07) is 0. The van der Waals surface area contributed by atoms with Crippen molar-refractivity contribution in [2.45, 2.75) is 38.8 Å². The molecule has 0 amide bonds. The molecule has 0 fully saturated rings. The molecular formula is C6H18N2O4S. The van der Waals surface area contributed by atoms with Crippen LogP contribution in [0.2, 0.25) is 0 Å². The lowest BCUT2D eigenvalue weighted by molar-refractivity contribution is 0.381. The van der Waals surface area contributed by atoms with Gasteiger partial charge in [-0.1, -0.05) is 26.2 Å². The Kier molecular flexibility index (Phi) is 9.86. The van der Waals surface area contributed by atoms with Crippen LogP contribution in [0.3, 0.4) is 0 Å². The number of hydrogen-bond acceptors (Lipinski definition) is 4. The Balaban J connectivity index is 0. The third kappa shape index (κ3) is 49.3. The molecule has 13 heavy (non-hydrogen) atoms. The molecule has 0 saturated carbocycles. The summed E-state index contributed by atoms with van der Waals surface area (Å²) in [4.78, 5) is 0. The topological polar surface area (TPSA) is 127 Å². The average molecular weight is 214 g/mol. The van der Waals surface area contributed by atoms with Gasteiger partial charge in [0.1, 0.15) is 0 Å². The Labute approximate surface area is 78.9 Å². The number of rotatable bonds is 4. The molecule has 0 aromatic heterocycles. The molecule has 6 nitrogen and oxygen atoms in total. The average Bonchev–Trinajstić information content (AvgIpc) is 1.83. The van der Waals surface area contributed by atoms with Crippen molar-refractivity contribution in [1.29, 1.82) is 0 Å². The summed E-state index contributed by atoms with van der Waals surface area (Å²) in [6.45, 7) is 2.17. The van der Waals surface area contributed by atoms with Crippen LogP contribution in [0.1, 0.15) is 32.6 Å². The van der Waals surface area contributed by atoms with E-state index < -0.39 is 10.4 Å². The van der Waals surface area contributed by atoms with Gasteiger partial charge in [0.15, 0.2) is 0 Å². The molecule has 0 aliphatic heterocycles. The highest BCUT2D eigenvalue weighted by atomic mass is 32.3. The van der Waals surface area contributed by atoms with Crippen LogP contribution in [0.25, 0.3) is 0 Å². The first-order valence-corrected chi connectivity index (χ1v) is 5.38. The van der Waals surface area contributed by atoms with Crippen molar-refractivity contribution in [3.8, 4) is 0 Å². The fourth-order valence-electron chi connectivity index (χ4n) is 0.630. The highest BCUT2D eigenvalue weighted by molar-refractivity contribution is 7.79. The van der Waals surface area contributed by atoms with Gasteiger partial charge in [-0.15, -0.1) is 0 Å². The van der Waals surface area contributed by atoms with Crippen molar-refractivity contribution in [1.82, 2.24) is 0 Å². The summed E-state index contributed by atoms with van der Waals surface area (Å²) in [5.41, 5.74) is 10.6. The zero-order chi connectivity index (χ0) is 10.9. The summed E-state index contributed by atoms with van der Waals surface area (Å²) in [6.07, 6.45) is 4.54. The van der Waals surface area contributed by atoms with E-state index in [0.717, 1.165) is 6.42 Å². The van der Waals surface area contributed by atoms with E-state index in [4.69, 9.17) is 29.0 Å². The standard InChI is InChI=1S/C6H16N2.H2O4S/c1-2-3-4-5-6(7)8;1-5(2,3)4/h6H,2-5,7-8H2,1H3;(H2,1,2,3,4). The molecular weight excluding hydrogens is 196 g/mol. The second kappa shape index (κ2) is 8.39. The summed E-state index contributed by atoms with van der Waals surface area (Å²) in [7, 11) is -4.67. The van der Waals surface area contributed by atoms with Gasteiger partial charge in [0.25, 0.3) is 0 Å². The Morgan fingerprint density at radius 2 is 1.62 bits per heavy atom. The van der Waals surface area contributed by atoms with Gasteiger partial charge >= 0.3 is 10.4 Å². The maximum absolute atomic E-state index is 8.74. The second-order valence-electron chi connectivity index (χ2n) is 2.61. The highest BCUT2D eigenvalue weighted by Crippen LogP contribution is 1.97. The van der Waals surface area contributed by atoms with Crippen molar-refractivity contribution >= 4 is 10.4 Å².